The molecule has 75 valence electrons. The number of rotatable bonds is 6. The highest BCUT2D eigenvalue weighted by Gasteiger charge is 1.96. The lowest BCUT2D eigenvalue weighted by Gasteiger charge is -1.99. The van der Waals surface area contributed by atoms with Crippen LogP contribution in [-0.2, 0) is 4.79 Å². The predicted molar refractivity (Wildman–Crippen MR) is 55.3 cm³/mol. The van der Waals surface area contributed by atoms with Crippen LogP contribution in [0.2, 0.25) is 0 Å². The summed E-state index contributed by atoms with van der Waals surface area (Å²) in [4.78, 5) is 14.6. The summed E-state index contributed by atoms with van der Waals surface area (Å²) in [6.07, 6.45) is 7.12. The first-order valence-electron chi connectivity index (χ1n) is 4.81. The summed E-state index contributed by atoms with van der Waals surface area (Å²) in [7, 11) is 0. The highest BCUT2D eigenvalue weighted by Crippen LogP contribution is 2.06. The zero-order chi connectivity index (χ0) is 10.2. The van der Waals surface area contributed by atoms with Gasteiger partial charge in [-0.25, -0.2) is 0 Å². The molecule has 14 heavy (non-hydrogen) atoms. The van der Waals surface area contributed by atoms with Crippen molar-refractivity contribution in [3.63, 3.8) is 0 Å². The first-order valence-corrected chi connectivity index (χ1v) is 4.81. The quantitative estimate of drug-likeness (QED) is 0.695. The van der Waals surface area contributed by atoms with Crippen LogP contribution in [0.1, 0.15) is 31.4 Å². The number of nitrogens with zero attached hydrogens (tertiary/aromatic N) is 1. The van der Waals surface area contributed by atoms with Crippen LogP contribution in [0.15, 0.2) is 24.4 Å². The summed E-state index contributed by atoms with van der Waals surface area (Å²) in [6, 6.07) is 5.82. The minimum absolute atomic E-state index is 0.220. The van der Waals surface area contributed by atoms with Crippen LogP contribution in [0.3, 0.4) is 0 Å². The third-order valence-corrected chi connectivity index (χ3v) is 1.92. The maximum Gasteiger partial charge on any atom is 0.217 e. The number of aromatic nitrogens is 1. The highest BCUT2D eigenvalue weighted by atomic mass is 16.1. The van der Waals surface area contributed by atoms with E-state index in [1.54, 1.807) is 6.20 Å². The second-order valence-electron chi connectivity index (χ2n) is 3.17. The van der Waals surface area contributed by atoms with Crippen molar-refractivity contribution in [3.05, 3.63) is 36.5 Å². The fraction of sp³-hybridized carbons (Fsp3) is 0.364. The smallest absolute Gasteiger partial charge is 0.217 e. The zero-order valence-electron chi connectivity index (χ0n) is 8.15. The van der Waals surface area contributed by atoms with Crippen molar-refractivity contribution >= 4 is 5.91 Å². The fourth-order valence-corrected chi connectivity index (χ4v) is 1.19. The summed E-state index contributed by atoms with van der Waals surface area (Å²) in [6.45, 7) is 0. The van der Waals surface area contributed by atoms with Gasteiger partial charge in [-0.3, -0.25) is 9.78 Å². The number of nitrogens with two attached hydrogens (primary N) is 1. The van der Waals surface area contributed by atoms with Gasteiger partial charge in [0.25, 0.3) is 0 Å². The molecule has 0 fully saturated rings. The third-order valence-electron chi connectivity index (χ3n) is 1.92. The normalized spacial score (nSPS) is 10.0. The Hall–Kier alpha value is -1.38. The first-order chi connectivity index (χ1) is 6.79. The summed E-state index contributed by atoms with van der Waals surface area (Å²) in [5.74, 6) is -0.220. The number of hydrogen-bond donors (Lipinski definition) is 1. The fourth-order valence-electron chi connectivity index (χ4n) is 1.19. The molecule has 1 amide bonds. The summed E-state index contributed by atoms with van der Waals surface area (Å²) in [5, 5.41) is 0. The van der Waals surface area contributed by atoms with Crippen LogP contribution in [-0.4, -0.2) is 10.9 Å². The number of unbranched alkanes of at least 4 members (excludes halogenated alkanes) is 2. The molecule has 1 rings (SSSR count). The van der Waals surface area contributed by atoms with Gasteiger partial charge in [-0.15, -0.1) is 0 Å². The van der Waals surface area contributed by atoms with E-state index in [9.17, 15) is 4.79 Å². The molecule has 0 aromatic carbocycles. The SMILES string of the molecule is NC(=O)CCCC[CH]c1ccccn1. The van der Waals surface area contributed by atoms with Crippen molar-refractivity contribution < 1.29 is 4.79 Å². The van der Waals surface area contributed by atoms with Gasteiger partial charge >= 0.3 is 0 Å². The van der Waals surface area contributed by atoms with Gasteiger partial charge in [0.1, 0.15) is 0 Å². The van der Waals surface area contributed by atoms with Crippen molar-refractivity contribution in [2.45, 2.75) is 25.7 Å². The molecule has 0 aliphatic rings. The molecule has 1 aromatic rings. The van der Waals surface area contributed by atoms with E-state index < -0.39 is 0 Å². The maximum absolute atomic E-state index is 10.4. The van der Waals surface area contributed by atoms with Gasteiger partial charge in [-0.1, -0.05) is 12.5 Å². The lowest BCUT2D eigenvalue weighted by atomic mass is 10.1. The van der Waals surface area contributed by atoms with E-state index in [-0.39, 0.29) is 5.91 Å². The molecule has 3 heteroatoms. The molecule has 0 atom stereocenters. The van der Waals surface area contributed by atoms with Gasteiger partial charge in [0.15, 0.2) is 0 Å². The number of hydrogen-bond acceptors (Lipinski definition) is 2. The monoisotopic (exact) mass is 191 g/mol. The van der Waals surface area contributed by atoms with Gasteiger partial charge < -0.3 is 5.73 Å². The summed E-state index contributed by atoms with van der Waals surface area (Å²) >= 11 is 0. The average Bonchev–Trinajstić information content (AvgIpc) is 2.18. The number of carbonyl (C=O) groups is 1. The Morgan fingerprint density at radius 2 is 2.29 bits per heavy atom. The van der Waals surface area contributed by atoms with E-state index in [2.05, 4.69) is 11.4 Å². The largest absolute Gasteiger partial charge is 0.370 e. The van der Waals surface area contributed by atoms with Gasteiger partial charge in [0.2, 0.25) is 5.91 Å². The van der Waals surface area contributed by atoms with E-state index in [1.807, 2.05) is 18.2 Å². The summed E-state index contributed by atoms with van der Waals surface area (Å²) in [5.41, 5.74) is 6.02. The molecule has 1 radical (unpaired) electrons. The number of pyridine rings is 1. The molecule has 2 N–H and O–H groups in total. The third kappa shape index (κ3) is 4.60. The Morgan fingerprint density at radius 1 is 1.43 bits per heavy atom. The second kappa shape index (κ2) is 6.13. The van der Waals surface area contributed by atoms with Crippen molar-refractivity contribution in [2.24, 2.45) is 5.73 Å². The number of carbonyl (C=O) groups excluding carboxylic acids is 1. The van der Waals surface area contributed by atoms with Crippen molar-refractivity contribution in [1.82, 2.24) is 4.98 Å². The van der Waals surface area contributed by atoms with Gasteiger partial charge in [0, 0.05) is 24.7 Å². The second-order valence-corrected chi connectivity index (χ2v) is 3.17. The predicted octanol–water partition coefficient (Wildman–Crippen LogP) is 1.68. The van der Waals surface area contributed by atoms with Crippen LogP contribution in [0.25, 0.3) is 0 Å². The molecule has 1 heterocycles. The van der Waals surface area contributed by atoms with Gasteiger partial charge in [-0.2, -0.15) is 0 Å². The molecular formula is C11H15N2O. The Bertz CT molecular complexity index is 272. The van der Waals surface area contributed by atoms with E-state index in [0.29, 0.717) is 6.42 Å². The van der Waals surface area contributed by atoms with Crippen LogP contribution < -0.4 is 5.73 Å². The Balaban J connectivity index is 2.08. The van der Waals surface area contributed by atoms with Gasteiger partial charge in [-0.05, 0) is 25.0 Å². The Kier molecular flexibility index (Phi) is 4.69. The van der Waals surface area contributed by atoms with E-state index in [1.165, 1.54) is 0 Å². The van der Waals surface area contributed by atoms with E-state index in [0.717, 1.165) is 25.0 Å². The molecule has 1 aromatic heterocycles. The lowest BCUT2D eigenvalue weighted by molar-refractivity contribution is -0.118. The molecule has 0 saturated heterocycles. The zero-order valence-corrected chi connectivity index (χ0v) is 8.15. The van der Waals surface area contributed by atoms with Crippen LogP contribution in [0, 0.1) is 6.42 Å². The maximum atomic E-state index is 10.4. The lowest BCUT2D eigenvalue weighted by Crippen LogP contribution is -2.09. The van der Waals surface area contributed by atoms with Crippen molar-refractivity contribution in [2.75, 3.05) is 0 Å². The minimum Gasteiger partial charge on any atom is -0.370 e. The molecule has 0 saturated carbocycles. The minimum atomic E-state index is -0.220. The van der Waals surface area contributed by atoms with Crippen LogP contribution in [0.5, 0.6) is 0 Å². The molecular weight excluding hydrogens is 176 g/mol. The standard InChI is InChI=1S/C11H15N2O/c12-11(14)8-3-1-2-6-10-7-4-5-9-13-10/h4-7,9H,1-3,8H2,(H2,12,14). The molecule has 0 aliphatic carbocycles. The molecule has 0 aliphatic heterocycles. The molecule has 0 unspecified atom stereocenters. The summed E-state index contributed by atoms with van der Waals surface area (Å²) < 4.78 is 0. The molecule has 0 spiro atoms. The van der Waals surface area contributed by atoms with Gasteiger partial charge in [0.05, 0.1) is 0 Å². The first kappa shape index (κ1) is 10.7. The molecule has 3 nitrogen and oxygen atoms in total. The van der Waals surface area contributed by atoms with E-state index in [4.69, 9.17) is 5.73 Å². The van der Waals surface area contributed by atoms with Crippen LogP contribution >= 0.6 is 0 Å². The Morgan fingerprint density at radius 3 is 2.93 bits per heavy atom. The average molecular weight is 191 g/mol. The topological polar surface area (TPSA) is 56.0 Å². The number of primary amides is 1. The van der Waals surface area contributed by atoms with Crippen LogP contribution in [0.4, 0.5) is 0 Å². The van der Waals surface area contributed by atoms with Crippen molar-refractivity contribution in [3.8, 4) is 0 Å². The van der Waals surface area contributed by atoms with Crippen molar-refractivity contribution in [1.29, 1.82) is 0 Å². The van der Waals surface area contributed by atoms with E-state index >= 15 is 0 Å². The highest BCUT2D eigenvalue weighted by molar-refractivity contribution is 5.73. The molecule has 0 bridgehead atoms. The number of amides is 1. The Labute approximate surface area is 84.3 Å².